The Morgan fingerprint density at radius 3 is 2.89 bits per heavy atom. The molecule has 0 unspecified atom stereocenters. The van der Waals surface area contributed by atoms with E-state index in [0.29, 0.717) is 31.0 Å². The van der Waals surface area contributed by atoms with Gasteiger partial charge < -0.3 is 4.98 Å². The Morgan fingerprint density at radius 2 is 2.11 bits per heavy atom. The Balaban J connectivity index is 1.71. The first-order valence-electron chi connectivity index (χ1n) is 8.59. The van der Waals surface area contributed by atoms with Crippen LogP contribution in [0.1, 0.15) is 37.5 Å². The van der Waals surface area contributed by atoms with E-state index in [1.54, 1.807) is 4.68 Å². The zero-order chi connectivity index (χ0) is 19.2. The van der Waals surface area contributed by atoms with Crippen molar-refractivity contribution in [2.24, 2.45) is 0 Å². The van der Waals surface area contributed by atoms with Gasteiger partial charge in [-0.15, -0.1) is 0 Å². The van der Waals surface area contributed by atoms with Crippen LogP contribution in [0.5, 0.6) is 0 Å². The largest absolute Gasteiger partial charge is 0.326 e. The lowest BCUT2D eigenvalue weighted by Crippen LogP contribution is -2.33. The van der Waals surface area contributed by atoms with Crippen molar-refractivity contribution in [3.05, 3.63) is 50.7 Å². The number of nitrogens with zero attached hydrogens (tertiary/aromatic N) is 3. The molecule has 3 aromatic rings. The number of nitrogens with one attached hydrogen (secondary N) is 3. The van der Waals surface area contributed by atoms with Gasteiger partial charge in [0, 0.05) is 13.0 Å². The average Bonchev–Trinajstić information content (AvgIpc) is 3.05. The van der Waals surface area contributed by atoms with E-state index in [9.17, 15) is 18.0 Å². The third kappa shape index (κ3) is 3.19. The summed E-state index contributed by atoms with van der Waals surface area (Å²) in [6, 6.07) is 3.52. The second kappa shape index (κ2) is 6.43. The molecule has 0 saturated carbocycles. The van der Waals surface area contributed by atoms with Gasteiger partial charge in [0.05, 0.1) is 21.8 Å². The quantitative estimate of drug-likeness (QED) is 0.580. The van der Waals surface area contributed by atoms with Gasteiger partial charge in [-0.2, -0.15) is 5.10 Å². The first kappa shape index (κ1) is 17.6. The molecule has 27 heavy (non-hydrogen) atoms. The maximum atomic E-state index is 12.9. The molecule has 1 atom stereocenters. The Bertz CT molecular complexity index is 1240. The standard InChI is InChI=1S/C16H18N6O4S/c1-2-13-18-14-12(4-3-7-22(14)20-13)21-27(25,26)9-5-6-11-10(8-9)15(23)19-16(24)17-11/h5-6,8,12,21H,2-4,7H2,1H3,(H2,17,19,23,24)/t12-/m0/s1. The van der Waals surface area contributed by atoms with Crippen molar-refractivity contribution < 1.29 is 8.42 Å². The van der Waals surface area contributed by atoms with Gasteiger partial charge in [-0.3, -0.25) is 9.78 Å². The highest BCUT2D eigenvalue weighted by Crippen LogP contribution is 2.26. The normalized spacial score (nSPS) is 17.1. The van der Waals surface area contributed by atoms with Gasteiger partial charge >= 0.3 is 5.69 Å². The predicted molar refractivity (Wildman–Crippen MR) is 96.9 cm³/mol. The molecule has 0 amide bonds. The van der Waals surface area contributed by atoms with Crippen molar-refractivity contribution >= 4 is 20.9 Å². The van der Waals surface area contributed by atoms with Gasteiger partial charge in [-0.1, -0.05) is 6.92 Å². The van der Waals surface area contributed by atoms with Gasteiger partial charge in [0.1, 0.15) is 5.82 Å². The molecule has 0 saturated heterocycles. The minimum atomic E-state index is -3.89. The van der Waals surface area contributed by atoms with Crippen LogP contribution in [0.3, 0.4) is 0 Å². The van der Waals surface area contributed by atoms with Crippen LogP contribution in [0.2, 0.25) is 0 Å². The Kier molecular flexibility index (Phi) is 4.19. The SMILES string of the molecule is CCc1nc2n(n1)CCC[C@@H]2NS(=O)(=O)c1ccc2[nH]c(=O)[nH]c(=O)c2c1. The third-order valence-electron chi connectivity index (χ3n) is 4.55. The van der Waals surface area contributed by atoms with Gasteiger partial charge in [0.2, 0.25) is 10.0 Å². The molecule has 1 aliphatic heterocycles. The van der Waals surface area contributed by atoms with Crippen molar-refractivity contribution in [1.82, 2.24) is 29.5 Å². The molecule has 2 aromatic heterocycles. The van der Waals surface area contributed by atoms with E-state index in [0.717, 1.165) is 6.42 Å². The van der Waals surface area contributed by atoms with E-state index in [1.165, 1.54) is 18.2 Å². The summed E-state index contributed by atoms with van der Waals surface area (Å²) in [5.41, 5.74) is -1.02. The summed E-state index contributed by atoms with van der Waals surface area (Å²) in [6.07, 6.45) is 2.07. The van der Waals surface area contributed by atoms with Crippen LogP contribution in [0.25, 0.3) is 10.9 Å². The molecule has 4 rings (SSSR count). The van der Waals surface area contributed by atoms with Gasteiger partial charge in [0.25, 0.3) is 5.56 Å². The number of hydrogen-bond donors (Lipinski definition) is 3. The van der Waals surface area contributed by atoms with Crippen molar-refractivity contribution in [3.8, 4) is 0 Å². The number of aryl methyl sites for hydroxylation is 2. The number of H-pyrrole nitrogens is 2. The van der Waals surface area contributed by atoms with Crippen molar-refractivity contribution in [3.63, 3.8) is 0 Å². The summed E-state index contributed by atoms with van der Waals surface area (Å²) < 4.78 is 30.1. The maximum absolute atomic E-state index is 12.9. The van der Waals surface area contributed by atoms with Gasteiger partial charge in [-0.05, 0) is 31.0 Å². The van der Waals surface area contributed by atoms with Gasteiger partial charge in [-0.25, -0.2) is 27.6 Å². The van der Waals surface area contributed by atoms with Crippen LogP contribution in [0.15, 0.2) is 32.7 Å². The summed E-state index contributed by atoms with van der Waals surface area (Å²) in [7, 11) is -3.89. The number of aromatic nitrogens is 5. The third-order valence-corrected chi connectivity index (χ3v) is 6.02. The molecule has 0 bridgehead atoms. The molecule has 0 fully saturated rings. The van der Waals surface area contributed by atoms with Crippen LogP contribution < -0.4 is 16.0 Å². The van der Waals surface area contributed by atoms with E-state index < -0.39 is 27.3 Å². The second-order valence-electron chi connectivity index (χ2n) is 6.39. The minimum Gasteiger partial charge on any atom is -0.307 e. The molecule has 11 heteroatoms. The molecule has 142 valence electrons. The molecular weight excluding hydrogens is 372 g/mol. The highest BCUT2D eigenvalue weighted by molar-refractivity contribution is 7.89. The molecule has 1 aliphatic rings. The van der Waals surface area contributed by atoms with Crippen molar-refractivity contribution in [2.75, 3.05) is 0 Å². The summed E-state index contributed by atoms with van der Waals surface area (Å²) in [6.45, 7) is 2.65. The zero-order valence-corrected chi connectivity index (χ0v) is 15.3. The Morgan fingerprint density at radius 1 is 1.30 bits per heavy atom. The molecular formula is C16H18N6O4S. The van der Waals surface area contributed by atoms with Crippen LogP contribution in [0.4, 0.5) is 0 Å². The summed E-state index contributed by atoms with van der Waals surface area (Å²) in [4.78, 5) is 32.2. The van der Waals surface area contributed by atoms with Crippen LogP contribution in [0, 0.1) is 0 Å². The molecule has 3 N–H and O–H groups in total. The number of hydrogen-bond acceptors (Lipinski definition) is 6. The molecule has 3 heterocycles. The molecule has 0 aliphatic carbocycles. The van der Waals surface area contributed by atoms with Gasteiger partial charge in [0.15, 0.2) is 5.82 Å². The predicted octanol–water partition coefficient (Wildman–Crippen LogP) is 0.184. The minimum absolute atomic E-state index is 0.0556. The first-order chi connectivity index (χ1) is 12.9. The smallest absolute Gasteiger partial charge is 0.307 e. The number of aromatic amines is 2. The second-order valence-corrected chi connectivity index (χ2v) is 8.11. The fourth-order valence-corrected chi connectivity index (χ4v) is 4.48. The molecule has 1 aromatic carbocycles. The first-order valence-corrected chi connectivity index (χ1v) is 10.1. The molecule has 10 nitrogen and oxygen atoms in total. The van der Waals surface area contributed by atoms with E-state index in [2.05, 4.69) is 24.8 Å². The monoisotopic (exact) mass is 390 g/mol. The maximum Gasteiger partial charge on any atom is 0.326 e. The van der Waals surface area contributed by atoms with Crippen LogP contribution in [-0.4, -0.2) is 33.2 Å². The lowest BCUT2D eigenvalue weighted by molar-refractivity contribution is 0.399. The van der Waals surface area contributed by atoms with Crippen molar-refractivity contribution in [1.29, 1.82) is 0 Å². The molecule has 0 radical (unpaired) electrons. The highest BCUT2D eigenvalue weighted by atomic mass is 32.2. The lowest BCUT2D eigenvalue weighted by atomic mass is 10.1. The highest BCUT2D eigenvalue weighted by Gasteiger charge is 2.29. The summed E-state index contributed by atoms with van der Waals surface area (Å²) >= 11 is 0. The Labute approximate surface area is 153 Å². The summed E-state index contributed by atoms with van der Waals surface area (Å²) in [5, 5.41) is 4.47. The van der Waals surface area contributed by atoms with E-state index >= 15 is 0 Å². The van der Waals surface area contributed by atoms with E-state index in [1.807, 2.05) is 6.92 Å². The number of benzene rings is 1. The zero-order valence-electron chi connectivity index (χ0n) is 14.5. The fraction of sp³-hybridized carbons (Fsp3) is 0.375. The number of rotatable bonds is 4. The van der Waals surface area contributed by atoms with Crippen molar-refractivity contribution in [2.45, 2.75) is 43.7 Å². The summed E-state index contributed by atoms with van der Waals surface area (Å²) in [5.74, 6) is 1.28. The molecule has 0 spiro atoms. The lowest BCUT2D eigenvalue weighted by Gasteiger charge is -2.23. The topological polar surface area (TPSA) is 143 Å². The number of sulfonamides is 1. The van der Waals surface area contributed by atoms with Crippen LogP contribution >= 0.6 is 0 Å². The Hall–Kier alpha value is -2.79. The fourth-order valence-electron chi connectivity index (χ4n) is 3.23. The van der Waals surface area contributed by atoms with E-state index in [-0.39, 0.29) is 15.8 Å². The average molecular weight is 390 g/mol. The number of fused-ring (bicyclic) bond motifs is 2. The van der Waals surface area contributed by atoms with E-state index in [4.69, 9.17) is 0 Å². The van der Waals surface area contributed by atoms with Crippen LogP contribution in [-0.2, 0) is 23.0 Å².